The minimum absolute atomic E-state index is 0.276. The second kappa shape index (κ2) is 7.31. The van der Waals surface area contributed by atoms with Crippen molar-refractivity contribution in [3.05, 3.63) is 65.4 Å². The summed E-state index contributed by atoms with van der Waals surface area (Å²) in [5, 5.41) is 5.47. The fourth-order valence-corrected chi connectivity index (χ4v) is 1.95. The molecule has 0 aliphatic carbocycles. The molecule has 2 rings (SSSR count). The number of urea groups is 1. The number of carbonyl (C=O) groups is 1. The number of amides is 2. The third-order valence-corrected chi connectivity index (χ3v) is 3.35. The number of methoxy groups -OCH3 is 1. The first kappa shape index (κ1) is 15.6. The zero-order valence-electron chi connectivity index (χ0n) is 13.0. The first-order valence-electron chi connectivity index (χ1n) is 7.04. The van der Waals surface area contributed by atoms with E-state index >= 15 is 0 Å². The summed E-state index contributed by atoms with van der Waals surface area (Å²) in [5.74, 6) is 0.779. The van der Waals surface area contributed by atoms with Gasteiger partial charge in [0.15, 0.2) is 0 Å². The van der Waals surface area contributed by atoms with Crippen molar-refractivity contribution in [3.8, 4) is 5.75 Å². The van der Waals surface area contributed by atoms with Gasteiger partial charge in [-0.05, 0) is 60.9 Å². The number of hydrogen-bond donors (Lipinski definition) is 2. The van der Waals surface area contributed by atoms with E-state index in [1.165, 1.54) is 5.56 Å². The fraction of sp³-hybridized carbons (Fsp3) is 0.167. The topological polar surface area (TPSA) is 50.4 Å². The summed E-state index contributed by atoms with van der Waals surface area (Å²) in [6.45, 7) is 4.05. The zero-order chi connectivity index (χ0) is 15.9. The molecule has 0 saturated heterocycles. The Labute approximate surface area is 130 Å². The van der Waals surface area contributed by atoms with Gasteiger partial charge in [-0.1, -0.05) is 18.2 Å². The molecule has 0 unspecified atom stereocenters. The summed E-state index contributed by atoms with van der Waals surface area (Å²) in [4.78, 5) is 11.8. The highest BCUT2D eigenvalue weighted by molar-refractivity contribution is 5.90. The molecule has 0 aliphatic heterocycles. The lowest BCUT2D eigenvalue weighted by molar-refractivity contribution is 0.255. The third-order valence-electron chi connectivity index (χ3n) is 3.35. The predicted octanol–water partition coefficient (Wildman–Crippen LogP) is 4.10. The molecule has 2 amide bonds. The van der Waals surface area contributed by atoms with Crippen LogP contribution in [0.1, 0.15) is 16.7 Å². The number of rotatable bonds is 4. The van der Waals surface area contributed by atoms with Gasteiger partial charge in [0.25, 0.3) is 0 Å². The normalized spacial score (nSPS) is 10.5. The third kappa shape index (κ3) is 4.38. The van der Waals surface area contributed by atoms with Crippen molar-refractivity contribution in [2.45, 2.75) is 13.8 Å². The lowest BCUT2D eigenvalue weighted by atomic mass is 10.1. The van der Waals surface area contributed by atoms with E-state index in [9.17, 15) is 4.79 Å². The van der Waals surface area contributed by atoms with Crippen molar-refractivity contribution in [2.24, 2.45) is 0 Å². The van der Waals surface area contributed by atoms with Gasteiger partial charge in [-0.2, -0.15) is 0 Å². The molecule has 22 heavy (non-hydrogen) atoms. The fourth-order valence-electron chi connectivity index (χ4n) is 1.95. The molecule has 2 aromatic carbocycles. The zero-order valence-corrected chi connectivity index (χ0v) is 13.0. The highest BCUT2D eigenvalue weighted by Crippen LogP contribution is 2.14. The van der Waals surface area contributed by atoms with E-state index in [2.05, 4.69) is 10.6 Å². The Bertz CT molecular complexity index is 693. The van der Waals surface area contributed by atoms with Crippen LogP contribution in [0.15, 0.2) is 48.7 Å². The Morgan fingerprint density at radius 1 is 1.09 bits per heavy atom. The number of aryl methyl sites for hydroxylation is 2. The maximum absolute atomic E-state index is 11.8. The molecule has 0 spiro atoms. The van der Waals surface area contributed by atoms with Crippen molar-refractivity contribution in [3.63, 3.8) is 0 Å². The molecule has 114 valence electrons. The first-order chi connectivity index (χ1) is 10.6. The minimum Gasteiger partial charge on any atom is -0.497 e. The standard InChI is InChI=1S/C18H20N2O2/c1-13-7-8-16(11-14(13)2)20-18(21)19-10-9-15-5-4-6-17(12-15)22-3/h4-12H,1-3H3,(H2,19,20,21)/b10-9+. The highest BCUT2D eigenvalue weighted by Gasteiger charge is 2.00. The minimum atomic E-state index is -0.276. The van der Waals surface area contributed by atoms with E-state index in [0.717, 1.165) is 22.6 Å². The van der Waals surface area contributed by atoms with Gasteiger partial charge in [-0.3, -0.25) is 0 Å². The van der Waals surface area contributed by atoms with Crippen molar-refractivity contribution in [2.75, 3.05) is 12.4 Å². The van der Waals surface area contributed by atoms with Crippen molar-refractivity contribution < 1.29 is 9.53 Å². The van der Waals surface area contributed by atoms with Gasteiger partial charge in [0.1, 0.15) is 5.75 Å². The first-order valence-corrected chi connectivity index (χ1v) is 7.04. The Morgan fingerprint density at radius 2 is 1.91 bits per heavy atom. The monoisotopic (exact) mass is 296 g/mol. The summed E-state index contributed by atoms with van der Waals surface area (Å²) < 4.78 is 5.15. The average Bonchev–Trinajstić information content (AvgIpc) is 2.51. The number of nitrogens with one attached hydrogen (secondary N) is 2. The summed E-state index contributed by atoms with van der Waals surface area (Å²) in [7, 11) is 1.62. The van der Waals surface area contributed by atoms with E-state index in [4.69, 9.17) is 4.74 Å². The molecule has 0 radical (unpaired) electrons. The lowest BCUT2D eigenvalue weighted by Gasteiger charge is -2.07. The molecule has 0 aliphatic rings. The van der Waals surface area contributed by atoms with E-state index in [1.54, 1.807) is 13.3 Å². The van der Waals surface area contributed by atoms with Crippen LogP contribution in [0.2, 0.25) is 0 Å². The van der Waals surface area contributed by atoms with Crippen LogP contribution in [0.25, 0.3) is 6.08 Å². The molecule has 4 nitrogen and oxygen atoms in total. The molecule has 0 saturated carbocycles. The Hall–Kier alpha value is -2.75. The maximum Gasteiger partial charge on any atom is 0.323 e. The molecule has 0 atom stereocenters. The van der Waals surface area contributed by atoms with Gasteiger partial charge < -0.3 is 15.4 Å². The number of hydrogen-bond acceptors (Lipinski definition) is 2. The van der Waals surface area contributed by atoms with E-state index in [1.807, 2.05) is 62.4 Å². The highest BCUT2D eigenvalue weighted by atomic mass is 16.5. The quantitative estimate of drug-likeness (QED) is 0.892. The number of anilines is 1. The van der Waals surface area contributed by atoms with Gasteiger partial charge in [-0.25, -0.2) is 4.79 Å². The SMILES string of the molecule is COc1cccc(/C=C/NC(=O)Nc2ccc(C)c(C)c2)c1. The summed E-state index contributed by atoms with van der Waals surface area (Å²) in [6, 6.07) is 13.1. The maximum atomic E-state index is 11.8. The molecule has 2 N–H and O–H groups in total. The van der Waals surface area contributed by atoms with E-state index in [0.29, 0.717) is 0 Å². The molecule has 4 heteroatoms. The van der Waals surface area contributed by atoms with Crippen LogP contribution < -0.4 is 15.4 Å². The Morgan fingerprint density at radius 3 is 2.64 bits per heavy atom. The second-order valence-corrected chi connectivity index (χ2v) is 5.01. The van der Waals surface area contributed by atoms with Crippen LogP contribution >= 0.6 is 0 Å². The molecule has 2 aromatic rings. The van der Waals surface area contributed by atoms with Crippen LogP contribution in [0.3, 0.4) is 0 Å². The Balaban J connectivity index is 1.91. The van der Waals surface area contributed by atoms with Gasteiger partial charge in [0, 0.05) is 11.9 Å². The van der Waals surface area contributed by atoms with Crippen LogP contribution in [0.5, 0.6) is 5.75 Å². The van der Waals surface area contributed by atoms with E-state index in [-0.39, 0.29) is 6.03 Å². The van der Waals surface area contributed by atoms with Crippen molar-refractivity contribution in [1.82, 2.24) is 5.32 Å². The van der Waals surface area contributed by atoms with Crippen LogP contribution in [0, 0.1) is 13.8 Å². The van der Waals surface area contributed by atoms with Crippen LogP contribution in [0.4, 0.5) is 10.5 Å². The smallest absolute Gasteiger partial charge is 0.323 e. The molecule has 0 fully saturated rings. The summed E-state index contributed by atoms with van der Waals surface area (Å²) in [6.07, 6.45) is 3.41. The van der Waals surface area contributed by atoms with E-state index < -0.39 is 0 Å². The van der Waals surface area contributed by atoms with Crippen LogP contribution in [-0.2, 0) is 0 Å². The summed E-state index contributed by atoms with van der Waals surface area (Å²) in [5.41, 5.74) is 4.06. The molecule has 0 aromatic heterocycles. The average molecular weight is 296 g/mol. The molecular formula is C18H20N2O2. The van der Waals surface area contributed by atoms with Crippen molar-refractivity contribution in [1.29, 1.82) is 0 Å². The van der Waals surface area contributed by atoms with Gasteiger partial charge in [0.05, 0.1) is 7.11 Å². The molecule has 0 bridgehead atoms. The largest absolute Gasteiger partial charge is 0.497 e. The van der Waals surface area contributed by atoms with Crippen LogP contribution in [-0.4, -0.2) is 13.1 Å². The van der Waals surface area contributed by atoms with Gasteiger partial charge in [0.2, 0.25) is 0 Å². The number of ether oxygens (including phenoxy) is 1. The second-order valence-electron chi connectivity index (χ2n) is 5.01. The predicted molar refractivity (Wildman–Crippen MR) is 90.1 cm³/mol. The van der Waals surface area contributed by atoms with Gasteiger partial charge >= 0.3 is 6.03 Å². The van der Waals surface area contributed by atoms with Gasteiger partial charge in [-0.15, -0.1) is 0 Å². The lowest BCUT2D eigenvalue weighted by Crippen LogP contribution is -2.23. The molecular weight excluding hydrogens is 276 g/mol. The number of carbonyl (C=O) groups excluding carboxylic acids is 1. The molecule has 0 heterocycles. The summed E-state index contributed by atoms with van der Waals surface area (Å²) >= 11 is 0. The van der Waals surface area contributed by atoms with Crippen molar-refractivity contribution >= 4 is 17.8 Å². The Kier molecular flexibility index (Phi) is 5.20. The number of benzene rings is 2.